The van der Waals surface area contributed by atoms with Crippen molar-refractivity contribution < 1.29 is 112 Å². The third-order valence-corrected chi connectivity index (χ3v) is 20.3. The maximum atomic E-state index is 14.4. The first-order valence-electron chi connectivity index (χ1n) is 38.9. The lowest BCUT2D eigenvalue weighted by molar-refractivity contribution is -0.247. The predicted octanol–water partition coefficient (Wildman–Crippen LogP) is -2.61. The Morgan fingerprint density at radius 1 is 0.627 bits per heavy atom. The second-order valence-electron chi connectivity index (χ2n) is 29.2. The van der Waals surface area contributed by atoms with Crippen LogP contribution in [0.3, 0.4) is 0 Å². The van der Waals surface area contributed by atoms with Crippen LogP contribution in [0.4, 0.5) is 0 Å². The van der Waals surface area contributed by atoms with Crippen molar-refractivity contribution in [2.24, 2.45) is 17.2 Å². The van der Waals surface area contributed by atoms with Gasteiger partial charge in [0, 0.05) is 67.4 Å². The van der Waals surface area contributed by atoms with Gasteiger partial charge in [0.05, 0.1) is 98.9 Å². The van der Waals surface area contributed by atoms with E-state index in [0.29, 0.717) is 36.9 Å². The molecule has 118 heavy (non-hydrogen) atoms. The van der Waals surface area contributed by atoms with Crippen LogP contribution in [-0.2, 0) is 92.6 Å². The summed E-state index contributed by atoms with van der Waals surface area (Å²) < 4.78 is 22.6. The van der Waals surface area contributed by atoms with E-state index in [0.717, 1.165) is 5.56 Å². The number of phenols is 3. The first kappa shape index (κ1) is 93.1. The van der Waals surface area contributed by atoms with Gasteiger partial charge >= 0.3 is 5.97 Å². The highest BCUT2D eigenvalue weighted by Gasteiger charge is 2.51. The van der Waals surface area contributed by atoms with E-state index in [1.54, 1.807) is 37.3 Å². The number of hydrazine groups is 3. The van der Waals surface area contributed by atoms with Gasteiger partial charge in [0.25, 0.3) is 0 Å². The summed E-state index contributed by atoms with van der Waals surface area (Å²) in [4.78, 5) is 177. The molecule has 1 aliphatic heterocycles. The van der Waals surface area contributed by atoms with E-state index in [-0.39, 0.29) is 91.8 Å². The van der Waals surface area contributed by atoms with Crippen LogP contribution in [0, 0.1) is 0 Å². The number of hydrogen-bond acceptors (Lipinski definition) is 34. The molecule has 37 heteroatoms. The molecule has 1 fully saturated rings. The Hall–Kier alpha value is -10.4. The molecule has 0 saturated carbocycles. The molecule has 0 radical (unpaired) electrons. The standard InChI is InChI=1S/C81H106N14O23/c1-5-85-55(34-46-19-10-7-11-20-46)79(113)92-53(32-45-17-8-6-9-18-45)74(108)75(109)54(33-47-24-26-48(97)27-25-47)94-88-38-57(98)58(99)39-89-95-56(41-96)76(110)73(107)52(22-15-31-87-80(83)84)93-90-40-63(102)91-43(2)16-12-13-30-86-62(101)28-29-64(103)116-42-61(100)81(114)36-50-67(60(37-81)118-65-35-51(82)70(104)44(3)117-65)78(112)69-68(72(50)106)71(105)49-21-14-23-59(115-4)66(49)77(69)111/h6-11,14,17-21,23-27,43-44,51-56,60,65,70,80,85,87-90,93-97,104,106,112,114H,5,12-13,15-16,22,28-42,82-84H2,1-4H3,(H,86,101)(H,91,102)(H,92,113)/t43-,44+,51+,52+,53+,54+,55+,56+,60+,65+,70-,81+/m1/s1. The van der Waals surface area contributed by atoms with Crippen molar-refractivity contribution in [3.05, 3.63) is 153 Å². The van der Waals surface area contributed by atoms with E-state index in [4.69, 9.17) is 36.1 Å². The van der Waals surface area contributed by atoms with Gasteiger partial charge in [-0.2, -0.15) is 0 Å². The van der Waals surface area contributed by atoms with Gasteiger partial charge in [-0.3, -0.25) is 67.6 Å². The van der Waals surface area contributed by atoms with Crippen LogP contribution >= 0.6 is 0 Å². The minimum Gasteiger partial charge on any atom is -0.508 e. The topological polar surface area (TPSA) is 591 Å². The molecule has 23 N–H and O–H groups in total. The lowest BCUT2D eigenvalue weighted by atomic mass is 9.72. The van der Waals surface area contributed by atoms with Gasteiger partial charge in [-0.15, -0.1) is 0 Å². The Morgan fingerprint density at radius 2 is 1.21 bits per heavy atom. The number of amides is 3. The Morgan fingerprint density at radius 3 is 1.84 bits per heavy atom. The number of benzene rings is 5. The molecule has 12 atom stereocenters. The second-order valence-corrected chi connectivity index (χ2v) is 29.2. The van der Waals surface area contributed by atoms with E-state index in [1.165, 1.54) is 56.5 Å². The minimum atomic E-state index is -2.51. The molecule has 0 spiro atoms. The van der Waals surface area contributed by atoms with E-state index < -0.39 is 229 Å². The number of aromatic hydroxyl groups is 3. The number of methoxy groups -OCH3 is 1. The van der Waals surface area contributed by atoms with Crippen LogP contribution in [-0.4, -0.2) is 239 Å². The van der Waals surface area contributed by atoms with Crippen LogP contribution in [0.1, 0.15) is 144 Å². The lowest BCUT2D eigenvalue weighted by Crippen LogP contribution is -2.57. The van der Waals surface area contributed by atoms with Crippen molar-refractivity contribution >= 4 is 75.7 Å². The number of hydrogen-bond donors (Lipinski definition) is 20. The summed E-state index contributed by atoms with van der Waals surface area (Å²) in [5, 5.41) is 80.8. The third-order valence-electron chi connectivity index (χ3n) is 20.3. The molecule has 0 bridgehead atoms. The molecule has 1 heterocycles. The van der Waals surface area contributed by atoms with Crippen molar-refractivity contribution in [1.29, 1.82) is 0 Å². The smallest absolute Gasteiger partial charge is 0.306 e. The molecule has 2 aliphatic carbocycles. The summed E-state index contributed by atoms with van der Waals surface area (Å²) in [5.74, 6) is -13.4. The largest absolute Gasteiger partial charge is 0.508 e. The van der Waals surface area contributed by atoms with Gasteiger partial charge in [-0.05, 0) is 107 Å². The van der Waals surface area contributed by atoms with Crippen LogP contribution in [0.15, 0.2) is 103 Å². The normalized spacial score (nSPS) is 19.0. The highest BCUT2D eigenvalue weighted by atomic mass is 16.7. The highest BCUT2D eigenvalue weighted by molar-refractivity contribution is 6.42. The maximum absolute atomic E-state index is 14.4. The summed E-state index contributed by atoms with van der Waals surface area (Å²) in [6, 6.07) is 20.2. The fourth-order valence-corrected chi connectivity index (χ4v) is 13.9. The van der Waals surface area contributed by atoms with E-state index in [9.17, 15) is 93.0 Å². The van der Waals surface area contributed by atoms with Crippen LogP contribution in [0.2, 0.25) is 0 Å². The summed E-state index contributed by atoms with van der Waals surface area (Å²) in [7, 11) is 1.28. The second kappa shape index (κ2) is 44.9. The van der Waals surface area contributed by atoms with Crippen LogP contribution < -0.4 is 81.1 Å². The van der Waals surface area contributed by atoms with Gasteiger partial charge < -0.3 is 88.1 Å². The molecule has 3 aliphatic rings. The van der Waals surface area contributed by atoms with Gasteiger partial charge in [-0.1, -0.05) is 91.9 Å². The maximum Gasteiger partial charge on any atom is 0.306 e. The Balaban J connectivity index is 0.754. The van der Waals surface area contributed by atoms with Crippen LogP contribution in [0.5, 0.6) is 23.0 Å². The zero-order chi connectivity index (χ0) is 85.9. The number of nitrogens with two attached hydrogens (primary N) is 3. The first-order chi connectivity index (χ1) is 56.4. The number of carbonyl (C=O) groups excluding carboxylic acids is 13. The Bertz CT molecular complexity index is 4380. The van der Waals surface area contributed by atoms with E-state index in [2.05, 4.69) is 59.1 Å². The first-order valence-corrected chi connectivity index (χ1v) is 38.9. The average molecular weight is 1640 g/mol. The number of ether oxygens (including phenoxy) is 4. The molecule has 638 valence electrons. The van der Waals surface area contributed by atoms with Crippen LogP contribution in [0.25, 0.3) is 0 Å². The van der Waals surface area contributed by atoms with E-state index in [1.807, 2.05) is 37.3 Å². The van der Waals surface area contributed by atoms with Crippen molar-refractivity contribution in [3.63, 3.8) is 0 Å². The van der Waals surface area contributed by atoms with Crippen molar-refractivity contribution in [2.75, 3.05) is 59.6 Å². The molecule has 8 rings (SSSR count). The molecule has 5 aromatic carbocycles. The van der Waals surface area contributed by atoms with Gasteiger partial charge in [0.2, 0.25) is 64.0 Å². The number of Topliss-reactive ketones (excluding diaryl/α,β-unsaturated/α-hetero) is 7. The van der Waals surface area contributed by atoms with Crippen molar-refractivity contribution in [3.8, 4) is 23.0 Å². The lowest BCUT2D eigenvalue weighted by Gasteiger charge is -2.42. The summed E-state index contributed by atoms with van der Waals surface area (Å²) >= 11 is 0. The Labute approximate surface area is 680 Å². The van der Waals surface area contributed by atoms with E-state index >= 15 is 0 Å². The number of unbranched alkanes of at least 4 members (excludes halogenated alkanes) is 1. The number of rotatable bonds is 50. The molecule has 3 amide bonds. The molecule has 0 unspecified atom stereocenters. The van der Waals surface area contributed by atoms with Gasteiger partial charge in [0.15, 0.2) is 18.7 Å². The highest BCUT2D eigenvalue weighted by Crippen LogP contribution is 2.53. The number of likely N-dealkylation sites (N-methyl/N-ethyl adjacent to an activating group) is 1. The monoisotopic (exact) mass is 1640 g/mol. The molecule has 0 aromatic heterocycles. The number of esters is 1. The van der Waals surface area contributed by atoms with Gasteiger partial charge in [0.1, 0.15) is 40.9 Å². The minimum absolute atomic E-state index is 0.0165. The molecule has 5 aromatic rings. The van der Waals surface area contributed by atoms with Crippen molar-refractivity contribution in [1.82, 2.24) is 59.1 Å². The zero-order valence-electron chi connectivity index (χ0n) is 65.9. The summed E-state index contributed by atoms with van der Waals surface area (Å²) in [6.07, 6.45) is -6.39. The average Bonchev–Trinajstić information content (AvgIpc) is 0.709. The number of fused-ring (bicyclic) bond motifs is 3. The SMILES string of the molecule is CCN[C@@H](Cc1ccccc1)C(=O)N[C@@H](Cc1ccccc1)C(=O)C(=O)[C@H](Cc1ccc(O)cc1)NNCC(=O)C(=O)CNN[C@@H](CO)C(=O)C(=O)[C@H](CCCNC(N)N)NNCC(=O)N[C@H](C)CCCCNC(=O)CCC(=O)OCC(=O)[C@]1(O)Cc2c(O)c3c(c(O)c2[C@@H](O[C@H]2C[C@H](N)[C@H](O)[C@H](C)O2)C1)C(=O)c1c(OC)cccc1C3=O. The summed E-state index contributed by atoms with van der Waals surface area (Å²) in [6.45, 7) is 1.96. The molecule has 1 saturated heterocycles. The quantitative estimate of drug-likeness (QED) is 0.00464. The summed E-state index contributed by atoms with van der Waals surface area (Å²) in [5.41, 5.74) is 30.1. The Kier molecular flexibility index (Phi) is 35.4. The molecular formula is C81H106N14O23. The third kappa shape index (κ3) is 25.8. The molecular weight excluding hydrogens is 1540 g/mol. The van der Waals surface area contributed by atoms with Crippen molar-refractivity contribution in [2.45, 2.75) is 183 Å². The fourth-order valence-electron chi connectivity index (χ4n) is 13.9. The van der Waals surface area contributed by atoms with Gasteiger partial charge in [-0.25, -0.2) is 32.6 Å². The fraction of sp³-hybridized carbons (Fsp3) is 0.469. The number of phenolic OH excluding ortho intramolecular Hbond substituents is 3. The zero-order valence-corrected chi connectivity index (χ0v) is 65.9. The predicted molar refractivity (Wildman–Crippen MR) is 422 cm³/mol. The molecule has 37 nitrogen and oxygen atoms in total. The number of nitrogens with one attached hydrogen (secondary N) is 11. The number of carbonyl (C=O) groups is 13. The number of ketones is 9. The number of aliphatic hydroxyl groups excluding tert-OH is 2. The number of aliphatic hydroxyl groups is 3.